The largest absolute Gasteiger partial charge is 0.273 e. The van der Waals surface area contributed by atoms with Crippen LogP contribution in [-0.2, 0) is 4.79 Å². The summed E-state index contributed by atoms with van der Waals surface area (Å²) < 4.78 is 0. The lowest BCUT2D eigenvalue weighted by atomic mass is 10.1. The maximum atomic E-state index is 12.2. The van der Waals surface area contributed by atoms with Crippen molar-refractivity contribution in [3.63, 3.8) is 0 Å². The topological polar surface area (TPSA) is 54.4 Å². The Balaban J connectivity index is 1.75. The van der Waals surface area contributed by atoms with Crippen LogP contribution in [0, 0.1) is 0 Å². The van der Waals surface area contributed by atoms with Gasteiger partial charge in [0.05, 0.1) is 5.69 Å². The van der Waals surface area contributed by atoms with Crippen molar-refractivity contribution >= 4 is 11.6 Å². The zero-order chi connectivity index (χ0) is 19.9. The molecule has 0 saturated heterocycles. The van der Waals surface area contributed by atoms with Crippen molar-refractivity contribution in [2.24, 2.45) is 5.10 Å². The first-order valence-electron chi connectivity index (χ1n) is 10.6. The second-order valence-electron chi connectivity index (χ2n) is 7.15. The quantitative estimate of drug-likeness (QED) is 0.269. The second kappa shape index (κ2) is 13.6. The van der Waals surface area contributed by atoms with Gasteiger partial charge in [-0.1, -0.05) is 94.7 Å². The number of hydrazone groups is 1. The van der Waals surface area contributed by atoms with Gasteiger partial charge >= 0.3 is 0 Å². The molecule has 0 bridgehead atoms. The lowest BCUT2D eigenvalue weighted by Gasteiger charge is -2.07. The van der Waals surface area contributed by atoms with Crippen LogP contribution in [0.25, 0.3) is 0 Å². The molecule has 1 N–H and O–H groups in total. The molecule has 2 rings (SSSR count). The molecule has 1 aromatic carbocycles. The molecule has 2 aromatic rings. The first-order chi connectivity index (χ1) is 13.8. The van der Waals surface area contributed by atoms with E-state index in [0.717, 1.165) is 24.1 Å². The van der Waals surface area contributed by atoms with Crippen LogP contribution in [0.4, 0.5) is 0 Å². The van der Waals surface area contributed by atoms with E-state index < -0.39 is 0 Å². The van der Waals surface area contributed by atoms with Gasteiger partial charge in [-0.3, -0.25) is 9.78 Å². The molecule has 1 heterocycles. The number of nitrogens with zero attached hydrogens (tertiary/aromatic N) is 2. The molecule has 150 valence electrons. The first-order valence-corrected chi connectivity index (χ1v) is 10.6. The standard InChI is InChI=1S/C24H33N3O/c1-2-3-4-5-6-7-8-9-13-19-23(28)26-27-24(21-16-11-10-12-17-21)22-18-14-15-20-25-22/h10-12,14-18,20H,2-9,13,19H2,1H3,(H,26,28)/b27-24+. The maximum Gasteiger partial charge on any atom is 0.240 e. The highest BCUT2D eigenvalue weighted by molar-refractivity contribution is 6.11. The third kappa shape index (κ3) is 8.47. The summed E-state index contributed by atoms with van der Waals surface area (Å²) in [4.78, 5) is 16.6. The van der Waals surface area contributed by atoms with Crippen molar-refractivity contribution in [3.8, 4) is 0 Å². The fourth-order valence-corrected chi connectivity index (χ4v) is 3.14. The summed E-state index contributed by atoms with van der Waals surface area (Å²) in [5.74, 6) is -0.0349. The van der Waals surface area contributed by atoms with Crippen LogP contribution in [0.2, 0.25) is 0 Å². The van der Waals surface area contributed by atoms with Gasteiger partial charge in [-0.2, -0.15) is 5.10 Å². The number of pyridine rings is 1. The van der Waals surface area contributed by atoms with Gasteiger partial charge in [0.25, 0.3) is 0 Å². The highest BCUT2D eigenvalue weighted by Gasteiger charge is 2.09. The summed E-state index contributed by atoms with van der Waals surface area (Å²) in [5, 5.41) is 4.38. The Bertz CT molecular complexity index is 657. The van der Waals surface area contributed by atoms with E-state index in [1.807, 2.05) is 48.5 Å². The Labute approximate surface area is 169 Å². The number of carbonyl (C=O) groups excluding carboxylic acids is 1. The number of aromatic nitrogens is 1. The molecule has 28 heavy (non-hydrogen) atoms. The van der Waals surface area contributed by atoms with Crippen molar-refractivity contribution in [2.45, 2.75) is 71.1 Å². The molecular formula is C24H33N3O. The highest BCUT2D eigenvalue weighted by Crippen LogP contribution is 2.11. The predicted octanol–water partition coefficient (Wildman–Crippen LogP) is 5.87. The van der Waals surface area contributed by atoms with Crippen LogP contribution in [0.3, 0.4) is 0 Å². The van der Waals surface area contributed by atoms with E-state index in [0.29, 0.717) is 12.1 Å². The number of carbonyl (C=O) groups is 1. The van der Waals surface area contributed by atoms with Crippen molar-refractivity contribution in [3.05, 3.63) is 66.0 Å². The molecule has 1 aromatic heterocycles. The number of rotatable bonds is 13. The lowest BCUT2D eigenvalue weighted by Crippen LogP contribution is -2.20. The Hall–Kier alpha value is -2.49. The molecule has 0 radical (unpaired) electrons. The van der Waals surface area contributed by atoms with Gasteiger partial charge in [-0.25, -0.2) is 5.43 Å². The average Bonchev–Trinajstić information content (AvgIpc) is 2.74. The summed E-state index contributed by atoms with van der Waals surface area (Å²) in [6.07, 6.45) is 13.4. The molecule has 0 unspecified atom stereocenters. The minimum absolute atomic E-state index is 0.0349. The van der Waals surface area contributed by atoms with E-state index in [-0.39, 0.29) is 5.91 Å². The number of hydrogen-bond donors (Lipinski definition) is 1. The predicted molar refractivity (Wildman–Crippen MR) is 116 cm³/mol. The second-order valence-corrected chi connectivity index (χ2v) is 7.15. The average molecular weight is 380 g/mol. The molecule has 0 aliphatic heterocycles. The third-order valence-electron chi connectivity index (χ3n) is 4.75. The van der Waals surface area contributed by atoms with Gasteiger partial charge < -0.3 is 0 Å². The van der Waals surface area contributed by atoms with Crippen LogP contribution in [0.15, 0.2) is 59.8 Å². The van der Waals surface area contributed by atoms with E-state index in [2.05, 4.69) is 22.4 Å². The molecule has 4 heteroatoms. The van der Waals surface area contributed by atoms with Crippen molar-refractivity contribution in [2.75, 3.05) is 0 Å². The number of amides is 1. The maximum absolute atomic E-state index is 12.2. The Morgan fingerprint density at radius 3 is 2.14 bits per heavy atom. The summed E-state index contributed by atoms with van der Waals surface area (Å²) in [6, 6.07) is 15.5. The van der Waals surface area contributed by atoms with E-state index in [9.17, 15) is 4.79 Å². The minimum atomic E-state index is -0.0349. The smallest absolute Gasteiger partial charge is 0.240 e. The number of nitrogens with one attached hydrogen (secondary N) is 1. The molecular weight excluding hydrogens is 346 g/mol. The normalized spacial score (nSPS) is 11.4. The van der Waals surface area contributed by atoms with Crippen molar-refractivity contribution in [1.82, 2.24) is 10.4 Å². The summed E-state index contributed by atoms with van der Waals surface area (Å²) in [7, 11) is 0. The first kappa shape index (κ1) is 21.8. The zero-order valence-corrected chi connectivity index (χ0v) is 17.1. The molecule has 0 atom stereocenters. The summed E-state index contributed by atoms with van der Waals surface area (Å²) in [5.41, 5.74) is 5.08. The molecule has 0 spiro atoms. The Morgan fingerprint density at radius 1 is 0.857 bits per heavy atom. The SMILES string of the molecule is CCCCCCCCCCCC(=O)N/N=C(\c1ccccc1)c1ccccn1. The van der Waals surface area contributed by atoms with E-state index in [1.165, 1.54) is 44.9 Å². The van der Waals surface area contributed by atoms with Crippen LogP contribution in [-0.4, -0.2) is 16.6 Å². The lowest BCUT2D eigenvalue weighted by molar-refractivity contribution is -0.121. The molecule has 0 fully saturated rings. The van der Waals surface area contributed by atoms with Crippen molar-refractivity contribution < 1.29 is 4.79 Å². The van der Waals surface area contributed by atoms with Crippen molar-refractivity contribution in [1.29, 1.82) is 0 Å². The Kier molecular flexibility index (Phi) is 10.6. The molecule has 0 aliphatic carbocycles. The molecule has 0 saturated carbocycles. The van der Waals surface area contributed by atoms with Crippen LogP contribution < -0.4 is 5.43 Å². The zero-order valence-electron chi connectivity index (χ0n) is 17.1. The Morgan fingerprint density at radius 2 is 1.50 bits per heavy atom. The van der Waals surface area contributed by atoms with E-state index >= 15 is 0 Å². The van der Waals surface area contributed by atoms with E-state index in [4.69, 9.17) is 0 Å². The number of unbranched alkanes of at least 4 members (excludes halogenated alkanes) is 8. The van der Waals surface area contributed by atoms with E-state index in [1.54, 1.807) is 6.20 Å². The van der Waals surface area contributed by atoms with Gasteiger partial charge in [-0.05, 0) is 18.6 Å². The minimum Gasteiger partial charge on any atom is -0.273 e. The summed E-state index contributed by atoms with van der Waals surface area (Å²) >= 11 is 0. The van der Waals surface area contributed by atoms with Gasteiger partial charge in [-0.15, -0.1) is 0 Å². The van der Waals surface area contributed by atoms with Crippen LogP contribution >= 0.6 is 0 Å². The fourth-order valence-electron chi connectivity index (χ4n) is 3.14. The van der Waals surface area contributed by atoms with Crippen LogP contribution in [0.1, 0.15) is 82.4 Å². The monoisotopic (exact) mass is 379 g/mol. The van der Waals surface area contributed by atoms with Gasteiger partial charge in [0, 0.05) is 18.2 Å². The molecule has 1 amide bonds. The molecule has 0 aliphatic rings. The van der Waals surface area contributed by atoms with Gasteiger partial charge in [0.2, 0.25) is 5.91 Å². The third-order valence-corrected chi connectivity index (χ3v) is 4.75. The summed E-state index contributed by atoms with van der Waals surface area (Å²) in [6.45, 7) is 2.24. The van der Waals surface area contributed by atoms with Crippen LogP contribution in [0.5, 0.6) is 0 Å². The van der Waals surface area contributed by atoms with Gasteiger partial charge in [0.15, 0.2) is 0 Å². The highest BCUT2D eigenvalue weighted by atomic mass is 16.2. The number of hydrogen-bond acceptors (Lipinski definition) is 3. The number of benzene rings is 1. The fraction of sp³-hybridized carbons (Fsp3) is 0.458. The van der Waals surface area contributed by atoms with Gasteiger partial charge in [0.1, 0.15) is 5.71 Å². The molecule has 4 nitrogen and oxygen atoms in total.